The van der Waals surface area contributed by atoms with E-state index >= 15 is 0 Å². The molecule has 1 fully saturated rings. The highest BCUT2D eigenvalue weighted by molar-refractivity contribution is 5.96. The Bertz CT molecular complexity index is 694. The van der Waals surface area contributed by atoms with Gasteiger partial charge in [0.05, 0.1) is 5.69 Å². The minimum absolute atomic E-state index is 0.0331. The van der Waals surface area contributed by atoms with Gasteiger partial charge in [0.25, 0.3) is 5.91 Å². The van der Waals surface area contributed by atoms with Crippen LogP contribution in [0.3, 0.4) is 0 Å². The Kier molecular flexibility index (Phi) is 5.11. The summed E-state index contributed by atoms with van der Waals surface area (Å²) in [5.41, 5.74) is 2.50. The third-order valence-corrected chi connectivity index (χ3v) is 4.38. The van der Waals surface area contributed by atoms with Gasteiger partial charge < -0.3 is 9.42 Å². The molecule has 1 amide bonds. The van der Waals surface area contributed by atoms with Crippen LogP contribution in [0.25, 0.3) is 6.08 Å². The average Bonchev–Trinajstić information content (AvgIpc) is 2.94. The smallest absolute Gasteiger partial charge is 0.259 e. The summed E-state index contributed by atoms with van der Waals surface area (Å²) in [5.74, 6) is 0.636. The third-order valence-electron chi connectivity index (χ3n) is 4.38. The highest BCUT2D eigenvalue weighted by atomic mass is 16.5. The topological polar surface area (TPSA) is 49.6 Å². The molecule has 0 saturated carbocycles. The van der Waals surface area contributed by atoms with Crippen LogP contribution < -0.4 is 0 Å². The van der Waals surface area contributed by atoms with E-state index in [1.54, 1.807) is 6.92 Å². The number of benzene rings is 1. The van der Waals surface area contributed by atoms with Crippen molar-refractivity contribution in [2.75, 3.05) is 32.7 Å². The molecule has 2 aromatic rings. The van der Waals surface area contributed by atoms with Gasteiger partial charge >= 0.3 is 0 Å². The third kappa shape index (κ3) is 3.74. The van der Waals surface area contributed by atoms with Gasteiger partial charge in [-0.1, -0.05) is 47.6 Å². The fraction of sp³-hybridized carbons (Fsp3) is 0.368. The molecule has 1 aromatic carbocycles. The van der Waals surface area contributed by atoms with Crippen molar-refractivity contribution in [2.45, 2.75) is 13.8 Å². The summed E-state index contributed by atoms with van der Waals surface area (Å²) in [4.78, 5) is 16.9. The van der Waals surface area contributed by atoms with Gasteiger partial charge in [0, 0.05) is 32.7 Å². The van der Waals surface area contributed by atoms with Crippen LogP contribution in [-0.4, -0.2) is 53.6 Å². The predicted octanol–water partition coefficient (Wildman–Crippen LogP) is 2.76. The largest absolute Gasteiger partial charge is 0.361 e. The lowest BCUT2D eigenvalue weighted by atomic mass is 10.1. The SMILES string of the molecule is Cc1noc(C)c1C(=O)N1CCN(C/C=C/c2ccccc2)CC1. The minimum Gasteiger partial charge on any atom is -0.361 e. The maximum absolute atomic E-state index is 12.6. The first-order valence-corrected chi connectivity index (χ1v) is 8.31. The molecule has 0 unspecified atom stereocenters. The number of hydrogen-bond acceptors (Lipinski definition) is 4. The molecule has 0 aliphatic carbocycles. The van der Waals surface area contributed by atoms with E-state index in [2.05, 4.69) is 34.3 Å². The lowest BCUT2D eigenvalue weighted by molar-refractivity contribution is 0.0648. The van der Waals surface area contributed by atoms with Crippen molar-refractivity contribution < 1.29 is 9.32 Å². The quantitative estimate of drug-likeness (QED) is 0.867. The molecule has 1 aliphatic heterocycles. The van der Waals surface area contributed by atoms with E-state index in [1.165, 1.54) is 5.56 Å². The molecule has 0 atom stereocenters. The molecule has 24 heavy (non-hydrogen) atoms. The maximum Gasteiger partial charge on any atom is 0.259 e. The fourth-order valence-electron chi connectivity index (χ4n) is 2.98. The van der Waals surface area contributed by atoms with E-state index in [0.717, 1.165) is 32.7 Å². The van der Waals surface area contributed by atoms with Crippen LogP contribution in [0.5, 0.6) is 0 Å². The highest BCUT2D eigenvalue weighted by Crippen LogP contribution is 2.16. The molecular formula is C19H23N3O2. The van der Waals surface area contributed by atoms with Gasteiger partial charge in [0.15, 0.2) is 0 Å². The molecule has 2 heterocycles. The van der Waals surface area contributed by atoms with Crippen molar-refractivity contribution in [3.8, 4) is 0 Å². The molecule has 1 aliphatic rings. The van der Waals surface area contributed by atoms with Crippen LogP contribution in [0.1, 0.15) is 27.4 Å². The zero-order chi connectivity index (χ0) is 16.9. The molecule has 5 nitrogen and oxygen atoms in total. The molecule has 1 aromatic heterocycles. The number of rotatable bonds is 4. The molecule has 0 radical (unpaired) electrons. The van der Waals surface area contributed by atoms with Gasteiger partial charge in [-0.2, -0.15) is 0 Å². The summed E-state index contributed by atoms with van der Waals surface area (Å²) in [6.07, 6.45) is 4.32. The van der Waals surface area contributed by atoms with Crippen molar-refractivity contribution in [2.24, 2.45) is 0 Å². The van der Waals surface area contributed by atoms with E-state index in [9.17, 15) is 4.79 Å². The first-order valence-electron chi connectivity index (χ1n) is 8.31. The summed E-state index contributed by atoms with van der Waals surface area (Å²) in [5, 5.41) is 3.87. The minimum atomic E-state index is 0.0331. The van der Waals surface area contributed by atoms with Crippen LogP contribution in [0.15, 0.2) is 40.9 Å². The van der Waals surface area contributed by atoms with Crippen molar-refractivity contribution in [1.82, 2.24) is 15.0 Å². The lowest BCUT2D eigenvalue weighted by Crippen LogP contribution is -2.48. The van der Waals surface area contributed by atoms with Gasteiger partial charge in [-0.25, -0.2) is 0 Å². The van der Waals surface area contributed by atoms with Crippen molar-refractivity contribution >= 4 is 12.0 Å². The summed E-state index contributed by atoms with van der Waals surface area (Å²) in [7, 11) is 0. The van der Waals surface area contributed by atoms with E-state index in [1.807, 2.05) is 30.0 Å². The van der Waals surface area contributed by atoms with E-state index < -0.39 is 0 Å². The molecule has 126 valence electrons. The number of carbonyl (C=O) groups excluding carboxylic acids is 1. The zero-order valence-corrected chi connectivity index (χ0v) is 14.2. The summed E-state index contributed by atoms with van der Waals surface area (Å²) < 4.78 is 5.11. The molecule has 0 N–H and O–H groups in total. The number of nitrogens with zero attached hydrogens (tertiary/aromatic N) is 3. The second-order valence-corrected chi connectivity index (χ2v) is 6.11. The van der Waals surface area contributed by atoms with Gasteiger partial charge in [0.2, 0.25) is 0 Å². The fourth-order valence-corrected chi connectivity index (χ4v) is 2.98. The Morgan fingerprint density at radius 2 is 1.88 bits per heavy atom. The van der Waals surface area contributed by atoms with Gasteiger partial charge in [-0.15, -0.1) is 0 Å². The Morgan fingerprint density at radius 3 is 2.50 bits per heavy atom. The molecule has 0 bridgehead atoms. The molecule has 5 heteroatoms. The average molecular weight is 325 g/mol. The Balaban J connectivity index is 1.51. The molecule has 1 saturated heterocycles. The van der Waals surface area contributed by atoms with Crippen LogP contribution in [0, 0.1) is 13.8 Å². The molecular weight excluding hydrogens is 302 g/mol. The van der Waals surface area contributed by atoms with Gasteiger partial charge in [-0.3, -0.25) is 9.69 Å². The maximum atomic E-state index is 12.6. The Hall–Kier alpha value is -2.40. The van der Waals surface area contributed by atoms with E-state index in [4.69, 9.17) is 4.52 Å². The van der Waals surface area contributed by atoms with Crippen LogP contribution >= 0.6 is 0 Å². The van der Waals surface area contributed by atoms with Crippen molar-refractivity contribution in [3.63, 3.8) is 0 Å². The summed E-state index contributed by atoms with van der Waals surface area (Å²) in [6, 6.07) is 10.3. The monoisotopic (exact) mass is 325 g/mol. The first-order chi connectivity index (χ1) is 11.6. The number of amides is 1. The van der Waals surface area contributed by atoms with Crippen molar-refractivity contribution in [3.05, 3.63) is 59.0 Å². The normalized spacial score (nSPS) is 16.0. The lowest BCUT2D eigenvalue weighted by Gasteiger charge is -2.34. The van der Waals surface area contributed by atoms with E-state index in [0.29, 0.717) is 17.0 Å². The first kappa shape index (κ1) is 16.5. The second kappa shape index (κ2) is 7.45. The van der Waals surface area contributed by atoms with E-state index in [-0.39, 0.29) is 5.91 Å². The number of aryl methyl sites for hydroxylation is 2. The van der Waals surface area contributed by atoms with Gasteiger partial charge in [0.1, 0.15) is 11.3 Å². The Labute approximate surface area is 142 Å². The second-order valence-electron chi connectivity index (χ2n) is 6.11. The predicted molar refractivity (Wildman–Crippen MR) is 93.8 cm³/mol. The molecule has 0 spiro atoms. The van der Waals surface area contributed by atoms with Crippen LogP contribution in [0.2, 0.25) is 0 Å². The highest BCUT2D eigenvalue weighted by Gasteiger charge is 2.26. The van der Waals surface area contributed by atoms with Crippen LogP contribution in [-0.2, 0) is 0 Å². The summed E-state index contributed by atoms with van der Waals surface area (Å²) >= 11 is 0. The Morgan fingerprint density at radius 1 is 1.17 bits per heavy atom. The van der Waals surface area contributed by atoms with Gasteiger partial charge in [-0.05, 0) is 19.4 Å². The molecule has 3 rings (SSSR count). The number of carbonyl (C=O) groups is 1. The number of hydrogen-bond donors (Lipinski definition) is 0. The standard InChI is InChI=1S/C19H23N3O2/c1-15-18(16(2)24-20-15)19(23)22-13-11-21(12-14-22)10-6-9-17-7-4-3-5-8-17/h3-9H,10-14H2,1-2H3/b9-6+. The summed E-state index contributed by atoms with van der Waals surface area (Å²) in [6.45, 7) is 7.75. The van der Waals surface area contributed by atoms with Crippen molar-refractivity contribution in [1.29, 1.82) is 0 Å². The number of piperazine rings is 1. The zero-order valence-electron chi connectivity index (χ0n) is 14.2. The van der Waals surface area contributed by atoms with Crippen LogP contribution in [0.4, 0.5) is 0 Å². The number of aromatic nitrogens is 1.